The summed E-state index contributed by atoms with van der Waals surface area (Å²) in [7, 11) is 1.60. The highest BCUT2D eigenvalue weighted by Gasteiger charge is 2.29. The molecule has 5 rings (SSSR count). The van der Waals surface area contributed by atoms with Crippen LogP contribution in [0.1, 0.15) is 29.9 Å². The van der Waals surface area contributed by atoms with Gasteiger partial charge in [-0.2, -0.15) is 0 Å². The number of ether oxygens (including phenoxy) is 1. The number of hydrogen-bond acceptors (Lipinski definition) is 7. The lowest BCUT2D eigenvalue weighted by atomic mass is 10.0. The van der Waals surface area contributed by atoms with E-state index in [0.29, 0.717) is 54.4 Å². The summed E-state index contributed by atoms with van der Waals surface area (Å²) in [6.45, 7) is 4.08. The Bertz CT molecular complexity index is 1290. The molecular formula is C24H24N4O5. The van der Waals surface area contributed by atoms with Crippen LogP contribution in [0.2, 0.25) is 0 Å². The van der Waals surface area contributed by atoms with Gasteiger partial charge in [0.15, 0.2) is 11.5 Å². The average molecular weight is 448 g/mol. The topological polar surface area (TPSA) is 111 Å². The van der Waals surface area contributed by atoms with Gasteiger partial charge >= 0.3 is 6.09 Å². The minimum Gasteiger partial charge on any atom is -0.504 e. The third-order valence-corrected chi connectivity index (χ3v) is 6.34. The van der Waals surface area contributed by atoms with Crippen LogP contribution >= 0.6 is 0 Å². The highest BCUT2D eigenvalue weighted by atomic mass is 16.5. The predicted molar refractivity (Wildman–Crippen MR) is 123 cm³/mol. The predicted octanol–water partition coefficient (Wildman–Crippen LogP) is 5.10. The smallest absolute Gasteiger partial charge is 0.407 e. The molecule has 1 amide bonds. The lowest BCUT2D eigenvalue weighted by Gasteiger charge is -2.37. The summed E-state index contributed by atoms with van der Waals surface area (Å²) in [5.74, 6) is 0.978. The summed E-state index contributed by atoms with van der Waals surface area (Å²) in [6, 6.07) is 11.1. The maximum atomic E-state index is 11.3. The number of nitrogens with zero attached hydrogens (tertiary/aromatic N) is 4. The zero-order valence-corrected chi connectivity index (χ0v) is 18.4. The number of amides is 1. The molecule has 0 radical (unpaired) electrons. The van der Waals surface area contributed by atoms with Crippen LogP contribution in [0, 0.1) is 0 Å². The Morgan fingerprint density at radius 2 is 1.91 bits per heavy atom. The van der Waals surface area contributed by atoms with Gasteiger partial charge in [0.05, 0.1) is 29.4 Å². The van der Waals surface area contributed by atoms with Crippen molar-refractivity contribution in [1.29, 1.82) is 0 Å². The second-order valence-corrected chi connectivity index (χ2v) is 8.10. The maximum Gasteiger partial charge on any atom is 0.407 e. The first-order valence-electron chi connectivity index (χ1n) is 10.7. The first kappa shape index (κ1) is 21.0. The van der Waals surface area contributed by atoms with Crippen LogP contribution in [-0.4, -0.2) is 59.4 Å². The van der Waals surface area contributed by atoms with Crippen LogP contribution in [0.4, 0.5) is 10.5 Å². The minimum absolute atomic E-state index is 0.0314. The summed E-state index contributed by atoms with van der Waals surface area (Å²) < 4.78 is 11.8. The molecule has 1 unspecified atom stereocenters. The van der Waals surface area contributed by atoms with E-state index < -0.39 is 6.09 Å². The molecular weight excluding hydrogens is 424 g/mol. The standard InChI is InChI=1S/C24H24N4O5/c1-14(27-9-11-28(12-10-27)24(30)31)21-19(32-2)8-7-16-22(29)20(33-23(16)21)13-18-15-5-3-4-6-17(15)25-26-18/h3-8,13-14,29H,9-12H2,1-2H3,(H,30,31). The Labute approximate surface area is 190 Å². The molecule has 2 aliphatic heterocycles. The van der Waals surface area contributed by atoms with Crippen LogP contribution in [0.25, 0.3) is 22.7 Å². The first-order chi connectivity index (χ1) is 16.0. The van der Waals surface area contributed by atoms with Gasteiger partial charge in [0.1, 0.15) is 11.3 Å². The molecule has 9 heteroatoms. The number of benzene rings is 2. The monoisotopic (exact) mass is 448 g/mol. The molecule has 2 aromatic carbocycles. The highest BCUT2D eigenvalue weighted by molar-refractivity contribution is 5.95. The van der Waals surface area contributed by atoms with Crippen molar-refractivity contribution in [3.05, 3.63) is 53.3 Å². The molecule has 1 aromatic heterocycles. The van der Waals surface area contributed by atoms with Crippen molar-refractivity contribution >= 4 is 34.5 Å². The van der Waals surface area contributed by atoms with Crippen molar-refractivity contribution in [3.63, 3.8) is 0 Å². The zero-order valence-electron chi connectivity index (χ0n) is 18.4. The number of carbonyl (C=O) groups is 1. The zero-order chi connectivity index (χ0) is 23.1. The van der Waals surface area contributed by atoms with Gasteiger partial charge < -0.3 is 24.3 Å². The molecule has 0 bridgehead atoms. The lowest BCUT2D eigenvalue weighted by molar-refractivity contribution is 0.0883. The molecule has 1 fully saturated rings. The summed E-state index contributed by atoms with van der Waals surface area (Å²) in [6.07, 6.45) is 0.790. The van der Waals surface area contributed by atoms with E-state index in [0.717, 1.165) is 16.8 Å². The number of carboxylic acid groups (broad SMARTS) is 1. The molecule has 0 saturated carbocycles. The molecule has 1 saturated heterocycles. The molecule has 3 aromatic rings. The fraction of sp³-hybridized carbons (Fsp3) is 0.292. The van der Waals surface area contributed by atoms with Gasteiger partial charge in [0.25, 0.3) is 0 Å². The first-order valence-corrected chi connectivity index (χ1v) is 10.7. The molecule has 1 atom stereocenters. The number of aromatic hydroxyl groups is 1. The summed E-state index contributed by atoms with van der Waals surface area (Å²) >= 11 is 0. The van der Waals surface area contributed by atoms with Crippen molar-refractivity contribution in [2.24, 2.45) is 10.2 Å². The lowest BCUT2D eigenvalue weighted by Crippen LogP contribution is -2.48. The number of methoxy groups -OCH3 is 1. The second kappa shape index (κ2) is 8.25. The normalized spacial score (nSPS) is 18.1. The SMILES string of the molecule is COc1ccc2c(O)c(C=C3N=Nc4ccccc43)oc2c1C(C)N1CCN(C(=O)O)CC1. The quantitative estimate of drug-likeness (QED) is 0.574. The molecule has 3 heterocycles. The van der Waals surface area contributed by atoms with Crippen molar-refractivity contribution in [2.45, 2.75) is 13.0 Å². The van der Waals surface area contributed by atoms with Gasteiger partial charge in [-0.1, -0.05) is 18.2 Å². The van der Waals surface area contributed by atoms with Gasteiger partial charge in [-0.3, -0.25) is 4.90 Å². The number of azo groups is 1. The Hall–Kier alpha value is -3.85. The summed E-state index contributed by atoms with van der Waals surface area (Å²) in [4.78, 5) is 14.9. The fourth-order valence-electron chi connectivity index (χ4n) is 4.49. The summed E-state index contributed by atoms with van der Waals surface area (Å²) in [5, 5.41) is 29.2. The third-order valence-electron chi connectivity index (χ3n) is 6.34. The van der Waals surface area contributed by atoms with Crippen LogP contribution in [0.5, 0.6) is 11.5 Å². The van der Waals surface area contributed by atoms with E-state index in [1.165, 1.54) is 4.90 Å². The van der Waals surface area contributed by atoms with Gasteiger partial charge in [0.2, 0.25) is 0 Å². The molecule has 2 aliphatic rings. The molecule has 33 heavy (non-hydrogen) atoms. The van der Waals surface area contributed by atoms with E-state index in [1.54, 1.807) is 19.3 Å². The average Bonchev–Trinajstić information content (AvgIpc) is 3.39. The number of furan rings is 1. The molecule has 0 aliphatic carbocycles. The van der Waals surface area contributed by atoms with E-state index in [-0.39, 0.29) is 11.8 Å². The Morgan fingerprint density at radius 3 is 2.64 bits per heavy atom. The second-order valence-electron chi connectivity index (χ2n) is 8.10. The van der Waals surface area contributed by atoms with Crippen LogP contribution in [-0.2, 0) is 0 Å². The Morgan fingerprint density at radius 1 is 1.15 bits per heavy atom. The van der Waals surface area contributed by atoms with Crippen LogP contribution in [0.3, 0.4) is 0 Å². The van der Waals surface area contributed by atoms with Gasteiger partial charge in [-0.15, -0.1) is 10.2 Å². The van der Waals surface area contributed by atoms with Gasteiger partial charge in [-0.05, 0) is 25.1 Å². The van der Waals surface area contributed by atoms with Crippen molar-refractivity contribution in [1.82, 2.24) is 9.80 Å². The van der Waals surface area contributed by atoms with Crippen molar-refractivity contribution in [3.8, 4) is 11.5 Å². The molecule has 9 nitrogen and oxygen atoms in total. The largest absolute Gasteiger partial charge is 0.504 e. The van der Waals surface area contributed by atoms with E-state index in [4.69, 9.17) is 9.15 Å². The highest BCUT2D eigenvalue weighted by Crippen LogP contribution is 2.44. The molecule has 0 spiro atoms. The van der Waals surface area contributed by atoms with E-state index in [2.05, 4.69) is 15.1 Å². The number of rotatable bonds is 4. The minimum atomic E-state index is -0.902. The molecule has 170 valence electrons. The Balaban J connectivity index is 1.54. The fourth-order valence-corrected chi connectivity index (χ4v) is 4.49. The van der Waals surface area contributed by atoms with Crippen LogP contribution in [0.15, 0.2) is 51.0 Å². The van der Waals surface area contributed by atoms with Gasteiger partial charge in [0, 0.05) is 43.9 Å². The maximum absolute atomic E-state index is 11.3. The number of fused-ring (bicyclic) bond motifs is 2. The number of piperazine rings is 1. The molecule has 2 N–H and O–H groups in total. The third kappa shape index (κ3) is 3.60. The van der Waals surface area contributed by atoms with Crippen molar-refractivity contribution in [2.75, 3.05) is 33.3 Å². The van der Waals surface area contributed by atoms with E-state index >= 15 is 0 Å². The van der Waals surface area contributed by atoms with E-state index in [9.17, 15) is 15.0 Å². The van der Waals surface area contributed by atoms with Crippen molar-refractivity contribution < 1.29 is 24.2 Å². The number of hydrogen-bond donors (Lipinski definition) is 2. The van der Waals surface area contributed by atoms with E-state index in [1.807, 2.05) is 37.3 Å². The summed E-state index contributed by atoms with van der Waals surface area (Å²) in [5.41, 5.74) is 3.62. The van der Waals surface area contributed by atoms with Gasteiger partial charge in [-0.25, -0.2) is 4.79 Å². The Kier molecular flexibility index (Phi) is 5.26. The van der Waals surface area contributed by atoms with Crippen LogP contribution < -0.4 is 4.74 Å².